The summed E-state index contributed by atoms with van der Waals surface area (Å²) in [5.74, 6) is 1.74. The first kappa shape index (κ1) is 61.6. The lowest BCUT2D eigenvalue weighted by Crippen LogP contribution is -2.14. The van der Waals surface area contributed by atoms with Crippen molar-refractivity contribution in [2.75, 3.05) is 0 Å². The summed E-state index contributed by atoms with van der Waals surface area (Å²) in [5.41, 5.74) is 9.69. The summed E-state index contributed by atoms with van der Waals surface area (Å²) in [6, 6.07) is 22.1. The van der Waals surface area contributed by atoms with Gasteiger partial charge in [0.2, 0.25) is 0 Å². The molecular weight excluding hydrogens is 1060 g/mol. The first-order valence-corrected chi connectivity index (χ1v) is 27.5. The fraction of sp³-hybridized carbons (Fsp3) is 0.286. The SMILES string of the molecule is CC(C)c1cc2cccnc2[nH]c1=O.CC(C)c1cc2cccnc2[nH]c1=O.CC(C)c1cc2cncnc2[nH]c1=O.CC(C)c1cc2nccnc2[nH]c1=O.CC(C)c1nc2cccnc2cc1O.CC(C)c1nc2ncncc2cc1O. The molecule has 84 heavy (non-hydrogen) atoms. The monoisotopic (exact) mass is 1130 g/mol. The molecule has 0 fully saturated rings. The maximum absolute atomic E-state index is 11.6. The van der Waals surface area contributed by atoms with Crippen LogP contribution < -0.4 is 22.2 Å². The molecule has 21 nitrogen and oxygen atoms in total. The molecular formula is C63H69N15O6. The predicted octanol–water partition coefficient (Wildman–Crippen LogP) is 11.3. The maximum Gasteiger partial charge on any atom is 0.253 e. The third kappa shape index (κ3) is 15.7. The van der Waals surface area contributed by atoms with E-state index in [1.54, 1.807) is 61.6 Å². The molecule has 0 amide bonds. The Morgan fingerprint density at radius 1 is 0.357 bits per heavy atom. The van der Waals surface area contributed by atoms with Gasteiger partial charge in [0, 0.05) is 93.2 Å². The van der Waals surface area contributed by atoms with Crippen LogP contribution >= 0.6 is 0 Å². The van der Waals surface area contributed by atoms with E-state index in [9.17, 15) is 29.4 Å². The Morgan fingerprint density at radius 2 is 0.762 bits per heavy atom. The molecule has 0 aromatic carbocycles. The van der Waals surface area contributed by atoms with Crippen LogP contribution in [-0.2, 0) is 0 Å². The number of aromatic hydroxyl groups is 2. The van der Waals surface area contributed by atoms with E-state index in [-0.39, 0.29) is 69.2 Å². The number of nitrogens with zero attached hydrogens (tertiary/aromatic N) is 11. The summed E-state index contributed by atoms with van der Waals surface area (Å²) >= 11 is 0. The molecule has 12 aromatic heterocycles. The largest absolute Gasteiger partial charge is 0.506 e. The molecule has 0 saturated heterocycles. The Bertz CT molecular complexity index is 3980. The van der Waals surface area contributed by atoms with Gasteiger partial charge in [0.1, 0.15) is 46.6 Å². The summed E-state index contributed by atoms with van der Waals surface area (Å²) in [7, 11) is 0. The average molecular weight is 1130 g/mol. The molecule has 0 aliphatic heterocycles. The summed E-state index contributed by atoms with van der Waals surface area (Å²) in [6.07, 6.45) is 14.4. The first-order valence-electron chi connectivity index (χ1n) is 27.5. The number of aromatic amines is 4. The van der Waals surface area contributed by atoms with Gasteiger partial charge in [-0.1, -0.05) is 83.1 Å². The minimum absolute atomic E-state index is 0.0359. The lowest BCUT2D eigenvalue weighted by Gasteiger charge is -2.07. The van der Waals surface area contributed by atoms with E-state index in [2.05, 4.69) is 74.8 Å². The highest BCUT2D eigenvalue weighted by Crippen LogP contribution is 2.27. The summed E-state index contributed by atoms with van der Waals surface area (Å²) in [4.78, 5) is 102. The van der Waals surface area contributed by atoms with E-state index in [4.69, 9.17) is 0 Å². The fourth-order valence-electron chi connectivity index (χ4n) is 8.50. The fourth-order valence-corrected chi connectivity index (χ4v) is 8.50. The number of H-pyrrole nitrogens is 4. The van der Waals surface area contributed by atoms with Crippen LogP contribution in [-0.4, -0.2) is 85.0 Å². The Hall–Kier alpha value is -10.1. The smallest absolute Gasteiger partial charge is 0.253 e. The normalized spacial score (nSPS) is 11.1. The van der Waals surface area contributed by atoms with Crippen LogP contribution in [0.15, 0.2) is 148 Å². The molecule has 0 unspecified atom stereocenters. The van der Waals surface area contributed by atoms with Crippen LogP contribution in [0.3, 0.4) is 0 Å². The quantitative estimate of drug-likeness (QED) is 0.0901. The average Bonchev–Trinajstić information content (AvgIpc) is 3.68. The molecule has 0 atom stereocenters. The molecule has 12 heterocycles. The van der Waals surface area contributed by atoms with E-state index in [0.717, 1.165) is 66.0 Å². The highest BCUT2D eigenvalue weighted by Gasteiger charge is 2.13. The van der Waals surface area contributed by atoms with Crippen molar-refractivity contribution in [1.82, 2.24) is 74.8 Å². The molecule has 0 bridgehead atoms. The number of hydrogen-bond acceptors (Lipinski definition) is 17. The first-order chi connectivity index (χ1) is 40.1. The number of pyridine rings is 9. The van der Waals surface area contributed by atoms with Crippen molar-refractivity contribution in [3.8, 4) is 11.5 Å². The minimum Gasteiger partial charge on any atom is -0.506 e. The van der Waals surface area contributed by atoms with E-state index >= 15 is 0 Å². The number of hydrogen-bond donors (Lipinski definition) is 6. The van der Waals surface area contributed by atoms with Gasteiger partial charge in [-0.15, -0.1) is 0 Å². The standard InChI is InChI=1S/3C11H12N2O.3C10H11N3O/c1-7(2)11-10(14)6-9-8(13-11)4-3-5-12-9;2*1-7(2)9-6-8-4-3-5-12-10(8)13-11(9)14;1-6(2)9-8(14)3-7-4-11-5-12-10(7)13-9;1-6(2)8-3-7-4-11-5-12-9(7)13-10(8)14;1-6(2)7-5-8-9(13-10(7)14)12-4-3-11-8/h3-7,14H,1-2H3;2*3-7H,1-2H3,(H,12,13,14);3-6,14H,1-2H3;3-6H,1-2H3,(H,11,12,13,14);3-6H,1-2H3,(H,12,13,14). The third-order valence-corrected chi connectivity index (χ3v) is 13.0. The lowest BCUT2D eigenvalue weighted by atomic mass is 10.0. The highest BCUT2D eigenvalue weighted by molar-refractivity contribution is 5.78. The zero-order valence-electron chi connectivity index (χ0n) is 49.0. The molecule has 6 N–H and O–H groups in total. The summed E-state index contributed by atoms with van der Waals surface area (Å²) in [5, 5.41) is 22.9. The molecule has 0 aliphatic rings. The second-order valence-corrected chi connectivity index (χ2v) is 21.4. The van der Waals surface area contributed by atoms with Gasteiger partial charge in [-0.25, -0.2) is 44.9 Å². The van der Waals surface area contributed by atoms with E-state index in [1.165, 1.54) is 12.7 Å². The van der Waals surface area contributed by atoms with Gasteiger partial charge < -0.3 is 30.1 Å². The van der Waals surface area contributed by atoms with Gasteiger partial charge in [-0.05, 0) is 102 Å². The van der Waals surface area contributed by atoms with Crippen molar-refractivity contribution >= 4 is 66.3 Å². The minimum atomic E-state index is -0.0759. The molecule has 0 aliphatic carbocycles. The van der Waals surface area contributed by atoms with Crippen molar-refractivity contribution in [3.05, 3.63) is 204 Å². The number of aromatic nitrogens is 15. The van der Waals surface area contributed by atoms with Crippen molar-refractivity contribution in [1.29, 1.82) is 0 Å². The molecule has 12 rings (SSSR count). The summed E-state index contributed by atoms with van der Waals surface area (Å²) < 4.78 is 0. The molecule has 0 radical (unpaired) electrons. The highest BCUT2D eigenvalue weighted by atomic mass is 16.3. The Balaban J connectivity index is 0.000000145. The van der Waals surface area contributed by atoms with Gasteiger partial charge >= 0.3 is 0 Å². The van der Waals surface area contributed by atoms with E-state index in [0.29, 0.717) is 33.9 Å². The number of nitrogens with one attached hydrogen (secondary N) is 4. The third-order valence-electron chi connectivity index (χ3n) is 13.0. The summed E-state index contributed by atoms with van der Waals surface area (Å²) in [6.45, 7) is 23.9. The van der Waals surface area contributed by atoms with Crippen LogP contribution in [0.5, 0.6) is 11.5 Å². The number of rotatable bonds is 6. The van der Waals surface area contributed by atoms with Gasteiger partial charge in [0.25, 0.3) is 22.2 Å². The van der Waals surface area contributed by atoms with Crippen LogP contribution in [0.1, 0.15) is 152 Å². The number of fused-ring (bicyclic) bond motifs is 6. The molecule has 432 valence electrons. The van der Waals surface area contributed by atoms with Crippen molar-refractivity contribution in [2.24, 2.45) is 0 Å². The van der Waals surface area contributed by atoms with Crippen LogP contribution in [0.25, 0.3) is 66.3 Å². The molecule has 21 heteroatoms. The second kappa shape index (κ2) is 28.1. The predicted molar refractivity (Wildman–Crippen MR) is 330 cm³/mol. The topological polar surface area (TPSA) is 314 Å². The Kier molecular flexibility index (Phi) is 20.6. The zero-order chi connectivity index (χ0) is 60.8. The maximum atomic E-state index is 11.6. The van der Waals surface area contributed by atoms with Crippen molar-refractivity contribution in [3.63, 3.8) is 0 Å². The van der Waals surface area contributed by atoms with E-state index in [1.807, 2.05) is 138 Å². The van der Waals surface area contributed by atoms with Gasteiger partial charge in [0.05, 0.1) is 22.4 Å². The van der Waals surface area contributed by atoms with Crippen LogP contribution in [0.2, 0.25) is 0 Å². The van der Waals surface area contributed by atoms with Gasteiger partial charge in [0.15, 0.2) is 11.3 Å². The lowest BCUT2D eigenvalue weighted by molar-refractivity contribution is 0.461. The Morgan fingerprint density at radius 3 is 1.30 bits per heavy atom. The van der Waals surface area contributed by atoms with Crippen molar-refractivity contribution in [2.45, 2.75) is 119 Å². The Labute approximate surface area is 483 Å². The molecule has 0 spiro atoms. The van der Waals surface area contributed by atoms with Crippen LogP contribution in [0.4, 0.5) is 0 Å². The van der Waals surface area contributed by atoms with Crippen LogP contribution in [0, 0.1) is 0 Å². The zero-order valence-corrected chi connectivity index (χ0v) is 49.0. The van der Waals surface area contributed by atoms with Gasteiger partial charge in [-0.3, -0.25) is 29.1 Å². The van der Waals surface area contributed by atoms with E-state index < -0.39 is 0 Å². The molecule has 0 saturated carbocycles. The molecule has 12 aromatic rings. The van der Waals surface area contributed by atoms with Gasteiger partial charge in [-0.2, -0.15) is 0 Å². The second-order valence-electron chi connectivity index (χ2n) is 21.4. The van der Waals surface area contributed by atoms with Crippen molar-refractivity contribution < 1.29 is 10.2 Å².